The molecule has 0 aliphatic rings. The van der Waals surface area contributed by atoms with Gasteiger partial charge in [0.05, 0.1) is 29.9 Å². The van der Waals surface area contributed by atoms with E-state index in [0.717, 1.165) is 65.5 Å². The minimum absolute atomic E-state index is 0.00293. The maximum atomic E-state index is 12.1. The second-order valence-corrected chi connectivity index (χ2v) is 11.4. The van der Waals surface area contributed by atoms with Crippen molar-refractivity contribution in [1.29, 1.82) is 0 Å². The Balaban J connectivity index is 1.25. The molecular weight excluding hydrogens is 610 g/mol. The normalized spacial score (nSPS) is 11.5. The van der Waals surface area contributed by atoms with Gasteiger partial charge in [-0.15, -0.1) is 0 Å². The Labute approximate surface area is 274 Å². The highest BCUT2D eigenvalue weighted by molar-refractivity contribution is 6.31. The van der Waals surface area contributed by atoms with Crippen molar-refractivity contribution >= 4 is 62.8 Å². The van der Waals surface area contributed by atoms with Crippen LogP contribution in [-0.2, 0) is 14.4 Å². The van der Waals surface area contributed by atoms with Gasteiger partial charge in [0.1, 0.15) is 5.75 Å². The van der Waals surface area contributed by atoms with Crippen LogP contribution in [-0.4, -0.2) is 74.5 Å². The standard InChI is InChI=1S/C32H46ClN9O4/c1-46-22-9-11-26-24(20-22)30(23-10-8-21(33)19-27(23)42-26)39-15-5-3-2-4-14-37-28(43)12-17-38-29(44)13-18-40-31(45)25(34)7-6-16-41-32(35)36/h8-11,19-20,25H,2-7,12-18,34H2,1H3,(H,37,43)(H,38,44)(H,39,42)(H,40,45)(H4,35,36,41). The maximum Gasteiger partial charge on any atom is 0.236 e. The van der Waals surface area contributed by atoms with Crippen LogP contribution in [0.5, 0.6) is 5.75 Å². The van der Waals surface area contributed by atoms with E-state index in [1.807, 2.05) is 36.4 Å². The molecule has 14 heteroatoms. The number of aromatic nitrogens is 1. The third-order valence-electron chi connectivity index (χ3n) is 7.30. The highest BCUT2D eigenvalue weighted by Crippen LogP contribution is 2.34. The molecule has 1 atom stereocenters. The van der Waals surface area contributed by atoms with Crippen LogP contribution in [0.4, 0.5) is 5.69 Å². The summed E-state index contributed by atoms with van der Waals surface area (Å²) < 4.78 is 5.43. The predicted octanol–water partition coefficient (Wildman–Crippen LogP) is 2.53. The number of nitrogens with two attached hydrogens (primary N) is 3. The van der Waals surface area contributed by atoms with Gasteiger partial charge in [-0.05, 0) is 62.1 Å². The molecule has 0 aliphatic carbocycles. The molecule has 46 heavy (non-hydrogen) atoms. The summed E-state index contributed by atoms with van der Waals surface area (Å²) in [4.78, 5) is 44.8. The summed E-state index contributed by atoms with van der Waals surface area (Å²) in [6.45, 7) is 2.16. The molecule has 3 aromatic rings. The molecule has 0 saturated carbocycles. The number of nitrogens with zero attached hydrogens (tertiary/aromatic N) is 2. The fourth-order valence-corrected chi connectivity index (χ4v) is 5.00. The van der Waals surface area contributed by atoms with E-state index in [9.17, 15) is 14.4 Å². The number of amides is 3. The number of halogens is 1. The zero-order valence-electron chi connectivity index (χ0n) is 26.4. The van der Waals surface area contributed by atoms with Gasteiger partial charge in [0.25, 0.3) is 0 Å². The van der Waals surface area contributed by atoms with E-state index in [1.54, 1.807) is 7.11 Å². The monoisotopic (exact) mass is 655 g/mol. The molecule has 13 nitrogen and oxygen atoms in total. The Kier molecular flexibility index (Phi) is 15.1. The maximum absolute atomic E-state index is 12.1. The lowest BCUT2D eigenvalue weighted by atomic mass is 10.1. The van der Waals surface area contributed by atoms with Gasteiger partial charge in [0.2, 0.25) is 17.7 Å². The Morgan fingerprint density at radius 3 is 2.26 bits per heavy atom. The van der Waals surface area contributed by atoms with Gasteiger partial charge in [-0.1, -0.05) is 24.4 Å². The average Bonchev–Trinajstić information content (AvgIpc) is 3.03. The Hall–Kier alpha value is -4.36. The van der Waals surface area contributed by atoms with Crippen molar-refractivity contribution < 1.29 is 19.1 Å². The third kappa shape index (κ3) is 12.2. The smallest absolute Gasteiger partial charge is 0.236 e. The number of guanidine groups is 1. The molecule has 0 bridgehead atoms. The minimum Gasteiger partial charge on any atom is -0.497 e. The topological polar surface area (TPSA) is 212 Å². The first kappa shape index (κ1) is 36.1. The number of pyridine rings is 1. The van der Waals surface area contributed by atoms with E-state index in [2.05, 4.69) is 26.3 Å². The zero-order chi connectivity index (χ0) is 33.3. The summed E-state index contributed by atoms with van der Waals surface area (Å²) in [5, 5.41) is 14.5. The second kappa shape index (κ2) is 19.2. The first-order valence-corrected chi connectivity index (χ1v) is 16.0. The molecule has 10 N–H and O–H groups in total. The van der Waals surface area contributed by atoms with E-state index >= 15 is 0 Å². The fraction of sp³-hybridized carbons (Fsp3) is 0.469. The number of aliphatic imine (C=N–C) groups is 1. The van der Waals surface area contributed by atoms with Crippen molar-refractivity contribution in [3.63, 3.8) is 0 Å². The minimum atomic E-state index is -0.697. The quantitative estimate of drug-likeness (QED) is 0.0412. The van der Waals surface area contributed by atoms with Gasteiger partial charge in [-0.3, -0.25) is 19.4 Å². The number of methoxy groups -OCH3 is 1. The molecule has 1 heterocycles. The number of nitrogens with one attached hydrogen (secondary N) is 4. The summed E-state index contributed by atoms with van der Waals surface area (Å²) in [6.07, 6.45) is 5.10. The zero-order valence-corrected chi connectivity index (χ0v) is 27.1. The first-order chi connectivity index (χ1) is 22.2. The Morgan fingerprint density at radius 2 is 1.54 bits per heavy atom. The Bertz CT molecular complexity index is 1500. The molecule has 0 fully saturated rings. The molecule has 3 amide bonds. The Morgan fingerprint density at radius 1 is 0.848 bits per heavy atom. The van der Waals surface area contributed by atoms with Crippen LogP contribution >= 0.6 is 11.6 Å². The largest absolute Gasteiger partial charge is 0.497 e. The SMILES string of the molecule is COc1ccc2nc3cc(Cl)ccc3c(NCCCCCCNC(=O)CCNC(=O)CCNC(=O)C(N)CCCN=C(N)N)c2c1. The van der Waals surface area contributed by atoms with Crippen LogP contribution in [0.1, 0.15) is 51.4 Å². The van der Waals surface area contributed by atoms with Crippen molar-refractivity contribution in [3.8, 4) is 5.75 Å². The number of hydrogen-bond acceptors (Lipinski definition) is 8. The lowest BCUT2D eigenvalue weighted by molar-refractivity contribution is -0.123. The summed E-state index contributed by atoms with van der Waals surface area (Å²) in [6, 6.07) is 10.9. The number of rotatable bonds is 20. The summed E-state index contributed by atoms with van der Waals surface area (Å²) in [7, 11) is 1.65. The second-order valence-electron chi connectivity index (χ2n) is 10.9. The van der Waals surface area contributed by atoms with Crippen LogP contribution < -0.4 is 43.2 Å². The predicted molar refractivity (Wildman–Crippen MR) is 184 cm³/mol. The third-order valence-corrected chi connectivity index (χ3v) is 7.54. The van der Waals surface area contributed by atoms with Crippen LogP contribution in [0.15, 0.2) is 41.4 Å². The summed E-state index contributed by atoms with van der Waals surface area (Å²) in [5.74, 6) is 0.0617. The van der Waals surface area contributed by atoms with Crippen LogP contribution in [0.25, 0.3) is 21.8 Å². The molecule has 250 valence electrons. The number of benzene rings is 2. The first-order valence-electron chi connectivity index (χ1n) is 15.6. The fourth-order valence-electron chi connectivity index (χ4n) is 4.83. The van der Waals surface area contributed by atoms with E-state index in [1.165, 1.54) is 0 Å². The van der Waals surface area contributed by atoms with Crippen molar-refractivity contribution in [1.82, 2.24) is 20.9 Å². The molecule has 0 saturated heterocycles. The number of fused-ring (bicyclic) bond motifs is 2. The molecule has 1 unspecified atom stereocenters. The number of hydrogen-bond donors (Lipinski definition) is 7. The molecule has 0 aliphatic heterocycles. The van der Waals surface area contributed by atoms with Crippen molar-refractivity contribution in [3.05, 3.63) is 41.4 Å². The van der Waals surface area contributed by atoms with Crippen LogP contribution in [0, 0.1) is 0 Å². The molecule has 2 aromatic carbocycles. The van der Waals surface area contributed by atoms with Gasteiger partial charge in [-0.2, -0.15) is 0 Å². The summed E-state index contributed by atoms with van der Waals surface area (Å²) >= 11 is 6.22. The molecular formula is C32H46ClN9O4. The number of anilines is 1. The van der Waals surface area contributed by atoms with Crippen LogP contribution in [0.3, 0.4) is 0 Å². The van der Waals surface area contributed by atoms with E-state index in [4.69, 9.17) is 38.5 Å². The number of unbranched alkanes of at least 4 members (excludes halogenated alkanes) is 3. The number of ether oxygens (including phenoxy) is 1. The van der Waals surface area contributed by atoms with Crippen molar-refractivity contribution in [2.24, 2.45) is 22.2 Å². The van der Waals surface area contributed by atoms with Crippen LogP contribution in [0.2, 0.25) is 5.02 Å². The van der Waals surface area contributed by atoms with E-state index in [-0.39, 0.29) is 49.6 Å². The molecule has 1 aromatic heterocycles. The van der Waals surface area contributed by atoms with Gasteiger partial charge in [-0.25, -0.2) is 4.98 Å². The molecule has 0 spiro atoms. The molecule has 0 radical (unpaired) electrons. The summed E-state index contributed by atoms with van der Waals surface area (Å²) in [5.41, 5.74) is 19.1. The van der Waals surface area contributed by atoms with Crippen molar-refractivity contribution in [2.45, 2.75) is 57.4 Å². The van der Waals surface area contributed by atoms with Gasteiger partial charge in [0, 0.05) is 61.4 Å². The van der Waals surface area contributed by atoms with E-state index < -0.39 is 6.04 Å². The molecule has 3 rings (SSSR count). The highest BCUT2D eigenvalue weighted by atomic mass is 35.5. The lowest BCUT2D eigenvalue weighted by Gasteiger charge is -2.14. The lowest BCUT2D eigenvalue weighted by Crippen LogP contribution is -2.42. The van der Waals surface area contributed by atoms with E-state index in [0.29, 0.717) is 31.0 Å². The number of carbonyl (C=O) groups excluding carboxylic acids is 3. The van der Waals surface area contributed by atoms with Crippen molar-refractivity contribution in [2.75, 3.05) is 45.2 Å². The highest BCUT2D eigenvalue weighted by Gasteiger charge is 2.13. The van der Waals surface area contributed by atoms with Gasteiger partial charge >= 0.3 is 0 Å². The average molecular weight is 656 g/mol. The van der Waals surface area contributed by atoms with Gasteiger partial charge < -0.3 is 43.2 Å². The van der Waals surface area contributed by atoms with Gasteiger partial charge in [0.15, 0.2) is 5.96 Å². The number of carbonyl (C=O) groups is 3.